The van der Waals surface area contributed by atoms with Gasteiger partial charge in [-0.2, -0.15) is 0 Å². The second kappa shape index (κ2) is 8.04. The number of hydrogen-bond acceptors (Lipinski definition) is 5. The first-order valence-corrected chi connectivity index (χ1v) is 7.82. The van der Waals surface area contributed by atoms with Gasteiger partial charge in [0.2, 0.25) is 0 Å². The van der Waals surface area contributed by atoms with E-state index in [1.54, 1.807) is 12.1 Å². The van der Waals surface area contributed by atoms with Gasteiger partial charge in [-0.1, -0.05) is 23.2 Å². The number of carbonyl (C=O) groups excluding carboxylic acids is 1. The minimum absolute atomic E-state index is 0.148. The minimum Gasteiger partial charge on any atom is -0.494 e. The Kier molecular flexibility index (Phi) is 6.06. The molecule has 0 saturated carbocycles. The number of methoxy groups -OCH3 is 1. The van der Waals surface area contributed by atoms with Crippen molar-refractivity contribution in [3.63, 3.8) is 0 Å². The zero-order valence-corrected chi connectivity index (χ0v) is 14.8. The predicted molar refractivity (Wildman–Crippen MR) is 94.8 cm³/mol. The van der Waals surface area contributed by atoms with E-state index in [2.05, 4.69) is 5.32 Å². The second-order valence-corrected chi connectivity index (χ2v) is 5.81. The molecule has 7 nitrogen and oxygen atoms in total. The number of benzene rings is 2. The number of halogens is 2. The van der Waals surface area contributed by atoms with E-state index in [1.165, 1.54) is 38.3 Å². The first kappa shape index (κ1) is 18.8. The number of nitrogens with zero attached hydrogens (tertiary/aromatic N) is 1. The molecule has 0 radical (unpaired) electrons. The summed E-state index contributed by atoms with van der Waals surface area (Å²) in [6.07, 6.45) is -0.893. The van der Waals surface area contributed by atoms with E-state index in [0.29, 0.717) is 10.0 Å². The number of ether oxygens (including phenoxy) is 2. The average molecular weight is 385 g/mol. The van der Waals surface area contributed by atoms with Crippen molar-refractivity contribution < 1.29 is 19.2 Å². The maximum absolute atomic E-state index is 12.3. The lowest BCUT2D eigenvalue weighted by Crippen LogP contribution is -2.30. The molecule has 0 aromatic heterocycles. The van der Waals surface area contributed by atoms with Crippen molar-refractivity contribution in [3.05, 3.63) is 56.6 Å². The molecule has 2 rings (SSSR count). The van der Waals surface area contributed by atoms with Crippen LogP contribution in [-0.2, 0) is 4.79 Å². The van der Waals surface area contributed by atoms with Crippen LogP contribution in [0.5, 0.6) is 11.5 Å². The number of anilines is 1. The summed E-state index contributed by atoms with van der Waals surface area (Å²) in [6, 6.07) is 8.52. The number of nitro benzene ring substituents is 1. The van der Waals surface area contributed by atoms with Crippen LogP contribution < -0.4 is 14.8 Å². The first-order chi connectivity index (χ1) is 11.8. The predicted octanol–water partition coefficient (Wildman–Crippen LogP) is 4.32. The topological polar surface area (TPSA) is 90.7 Å². The second-order valence-electron chi connectivity index (χ2n) is 4.97. The highest BCUT2D eigenvalue weighted by atomic mass is 35.5. The third-order valence-electron chi connectivity index (χ3n) is 3.22. The van der Waals surface area contributed by atoms with Crippen LogP contribution in [0.3, 0.4) is 0 Å². The summed E-state index contributed by atoms with van der Waals surface area (Å²) >= 11 is 11.9. The lowest BCUT2D eigenvalue weighted by molar-refractivity contribution is -0.384. The number of amides is 1. The summed E-state index contributed by atoms with van der Waals surface area (Å²) in [6.45, 7) is 1.53. The Morgan fingerprint density at radius 3 is 2.56 bits per heavy atom. The molecule has 0 bridgehead atoms. The maximum atomic E-state index is 12.3. The molecule has 25 heavy (non-hydrogen) atoms. The number of rotatable bonds is 6. The van der Waals surface area contributed by atoms with E-state index < -0.39 is 16.9 Å². The van der Waals surface area contributed by atoms with E-state index in [9.17, 15) is 14.9 Å². The molecule has 0 saturated heterocycles. The average Bonchev–Trinajstić information content (AvgIpc) is 2.58. The quantitative estimate of drug-likeness (QED) is 0.591. The Hall–Kier alpha value is -2.51. The Morgan fingerprint density at radius 2 is 1.92 bits per heavy atom. The molecule has 2 aromatic rings. The monoisotopic (exact) mass is 384 g/mol. The van der Waals surface area contributed by atoms with Crippen LogP contribution in [-0.4, -0.2) is 24.0 Å². The number of non-ortho nitro benzene ring substituents is 1. The fourth-order valence-electron chi connectivity index (χ4n) is 1.94. The Balaban J connectivity index is 2.13. The van der Waals surface area contributed by atoms with E-state index in [-0.39, 0.29) is 22.9 Å². The summed E-state index contributed by atoms with van der Waals surface area (Å²) in [4.78, 5) is 22.5. The minimum atomic E-state index is -0.893. The summed E-state index contributed by atoms with van der Waals surface area (Å²) in [5.74, 6) is -0.0498. The van der Waals surface area contributed by atoms with Gasteiger partial charge < -0.3 is 14.8 Å². The van der Waals surface area contributed by atoms with Gasteiger partial charge in [-0.25, -0.2) is 0 Å². The fraction of sp³-hybridized carbons (Fsp3) is 0.188. The third-order valence-corrected chi connectivity index (χ3v) is 3.77. The zero-order chi connectivity index (χ0) is 18.6. The summed E-state index contributed by atoms with van der Waals surface area (Å²) in [5.41, 5.74) is 0.135. The third kappa shape index (κ3) is 4.74. The van der Waals surface area contributed by atoms with E-state index in [0.717, 1.165) is 0 Å². The molecular formula is C16H14Cl2N2O5. The molecule has 0 aliphatic rings. The largest absolute Gasteiger partial charge is 0.494 e. The molecule has 2 aromatic carbocycles. The number of nitrogens with one attached hydrogen (secondary N) is 1. The van der Waals surface area contributed by atoms with Crippen LogP contribution in [0.2, 0.25) is 10.0 Å². The van der Waals surface area contributed by atoms with Crippen molar-refractivity contribution in [2.75, 3.05) is 12.4 Å². The lowest BCUT2D eigenvalue weighted by atomic mass is 10.2. The summed E-state index contributed by atoms with van der Waals surface area (Å²) in [7, 11) is 1.35. The molecule has 0 aliphatic carbocycles. The van der Waals surface area contributed by atoms with Gasteiger partial charge in [-0.15, -0.1) is 0 Å². The summed E-state index contributed by atoms with van der Waals surface area (Å²) in [5, 5.41) is 14.1. The van der Waals surface area contributed by atoms with Gasteiger partial charge in [0.05, 0.1) is 28.8 Å². The van der Waals surface area contributed by atoms with Gasteiger partial charge in [-0.3, -0.25) is 14.9 Å². The smallest absolute Gasteiger partial charge is 0.273 e. The molecule has 9 heteroatoms. The van der Waals surface area contributed by atoms with Gasteiger partial charge in [0.25, 0.3) is 11.6 Å². The van der Waals surface area contributed by atoms with Crippen LogP contribution >= 0.6 is 23.2 Å². The lowest BCUT2D eigenvalue weighted by Gasteiger charge is -2.17. The maximum Gasteiger partial charge on any atom is 0.273 e. The van der Waals surface area contributed by atoms with Crippen LogP contribution in [0.25, 0.3) is 0 Å². The highest BCUT2D eigenvalue weighted by Crippen LogP contribution is 2.30. The SMILES string of the molecule is COc1cc([N+](=O)[O-])ccc1NC(=O)[C@@H](C)Oc1cc(Cl)ccc1Cl. The molecule has 0 unspecified atom stereocenters. The Bertz CT molecular complexity index is 813. The van der Waals surface area contributed by atoms with Gasteiger partial charge >= 0.3 is 0 Å². The van der Waals surface area contributed by atoms with Crippen molar-refractivity contribution >= 4 is 40.5 Å². The molecule has 0 heterocycles. The molecule has 132 valence electrons. The number of nitro groups is 1. The molecule has 1 N–H and O–H groups in total. The standard InChI is InChI=1S/C16H14Cl2N2O5/c1-9(25-14-7-10(17)3-5-12(14)18)16(21)19-13-6-4-11(20(22)23)8-15(13)24-2/h3-9H,1-2H3,(H,19,21)/t9-/m1/s1. The number of carbonyl (C=O) groups is 1. The fourth-order valence-corrected chi connectivity index (χ4v) is 2.27. The van der Waals surface area contributed by atoms with Crippen molar-refractivity contribution in [3.8, 4) is 11.5 Å². The number of hydrogen-bond donors (Lipinski definition) is 1. The van der Waals surface area contributed by atoms with Gasteiger partial charge in [-0.05, 0) is 25.1 Å². The van der Waals surface area contributed by atoms with E-state index in [4.69, 9.17) is 32.7 Å². The normalized spacial score (nSPS) is 11.5. The first-order valence-electron chi connectivity index (χ1n) is 7.07. The van der Waals surface area contributed by atoms with Crippen LogP contribution in [0.1, 0.15) is 6.92 Å². The molecule has 0 spiro atoms. The Labute approximate surface area is 153 Å². The van der Waals surface area contributed by atoms with Crippen molar-refractivity contribution in [2.24, 2.45) is 0 Å². The van der Waals surface area contributed by atoms with Crippen molar-refractivity contribution in [1.82, 2.24) is 0 Å². The molecule has 0 aliphatic heterocycles. The van der Waals surface area contributed by atoms with Crippen LogP contribution in [0.15, 0.2) is 36.4 Å². The molecule has 1 atom stereocenters. The van der Waals surface area contributed by atoms with Gasteiger partial charge in [0.1, 0.15) is 11.5 Å². The van der Waals surface area contributed by atoms with Crippen LogP contribution in [0.4, 0.5) is 11.4 Å². The molecule has 0 fully saturated rings. The Morgan fingerprint density at radius 1 is 1.20 bits per heavy atom. The van der Waals surface area contributed by atoms with Gasteiger partial charge in [0.15, 0.2) is 6.10 Å². The highest BCUT2D eigenvalue weighted by Gasteiger charge is 2.19. The van der Waals surface area contributed by atoms with Crippen molar-refractivity contribution in [1.29, 1.82) is 0 Å². The van der Waals surface area contributed by atoms with E-state index in [1.807, 2.05) is 0 Å². The van der Waals surface area contributed by atoms with Crippen LogP contribution in [0, 0.1) is 10.1 Å². The zero-order valence-electron chi connectivity index (χ0n) is 13.3. The highest BCUT2D eigenvalue weighted by molar-refractivity contribution is 6.34. The summed E-state index contributed by atoms with van der Waals surface area (Å²) < 4.78 is 10.6. The van der Waals surface area contributed by atoms with Gasteiger partial charge in [0, 0.05) is 17.2 Å². The molecular weight excluding hydrogens is 371 g/mol. The van der Waals surface area contributed by atoms with E-state index >= 15 is 0 Å². The molecule has 1 amide bonds. The van der Waals surface area contributed by atoms with Crippen molar-refractivity contribution in [2.45, 2.75) is 13.0 Å².